The van der Waals surface area contributed by atoms with Crippen LogP contribution in [0.1, 0.15) is 28.3 Å². The highest BCUT2D eigenvalue weighted by atomic mass is 32.1. The summed E-state index contributed by atoms with van der Waals surface area (Å²) in [5.74, 6) is 0.341. The Labute approximate surface area is 117 Å². The molecular weight excluding hydrogens is 261 g/mol. The highest BCUT2D eigenvalue weighted by Crippen LogP contribution is 2.35. The Morgan fingerprint density at radius 2 is 2.11 bits per heavy atom. The molecule has 1 unspecified atom stereocenters. The summed E-state index contributed by atoms with van der Waals surface area (Å²) in [6, 6.07) is 8.86. The minimum atomic E-state index is -0.239. The fourth-order valence-corrected chi connectivity index (χ4v) is 3.10. The molecule has 0 radical (unpaired) electrons. The van der Waals surface area contributed by atoms with Gasteiger partial charge in [0.2, 0.25) is 0 Å². The number of hydrogen-bond donors (Lipinski definition) is 1. The molecule has 2 nitrogen and oxygen atoms in total. The van der Waals surface area contributed by atoms with Gasteiger partial charge in [0.25, 0.3) is 0 Å². The largest absolute Gasteiger partial charge is 0.496 e. The summed E-state index contributed by atoms with van der Waals surface area (Å²) >= 11 is 1.67. The zero-order chi connectivity index (χ0) is 13.8. The van der Waals surface area contributed by atoms with Gasteiger partial charge in [-0.15, -0.1) is 11.3 Å². The third-order valence-electron chi connectivity index (χ3n) is 2.98. The molecule has 19 heavy (non-hydrogen) atoms. The van der Waals surface area contributed by atoms with Crippen LogP contribution in [0.15, 0.2) is 30.3 Å². The first-order valence-electron chi connectivity index (χ1n) is 6.29. The summed E-state index contributed by atoms with van der Waals surface area (Å²) in [5.41, 5.74) is 0.578. The van der Waals surface area contributed by atoms with Gasteiger partial charge in [-0.05, 0) is 37.7 Å². The standard InChI is InChI=1S/C15H18FNOS/c1-4-17-15(13-9-8-10(2)19-13)14-11(16)6-5-7-12(14)18-3/h5-9,15,17H,4H2,1-3H3. The molecule has 0 fully saturated rings. The molecule has 0 spiro atoms. The van der Waals surface area contributed by atoms with E-state index in [-0.39, 0.29) is 11.9 Å². The van der Waals surface area contributed by atoms with Crippen molar-refractivity contribution in [1.82, 2.24) is 5.32 Å². The lowest BCUT2D eigenvalue weighted by molar-refractivity contribution is 0.398. The highest BCUT2D eigenvalue weighted by molar-refractivity contribution is 7.12. The van der Waals surface area contributed by atoms with Gasteiger partial charge in [0.15, 0.2) is 0 Å². The molecule has 1 aromatic carbocycles. The molecule has 0 aliphatic heterocycles. The van der Waals surface area contributed by atoms with E-state index in [4.69, 9.17) is 4.74 Å². The van der Waals surface area contributed by atoms with Crippen molar-refractivity contribution >= 4 is 11.3 Å². The smallest absolute Gasteiger partial charge is 0.132 e. The molecule has 0 bridgehead atoms. The number of thiophene rings is 1. The molecule has 1 heterocycles. The minimum Gasteiger partial charge on any atom is -0.496 e. The lowest BCUT2D eigenvalue weighted by atomic mass is 10.0. The number of methoxy groups -OCH3 is 1. The first kappa shape index (κ1) is 14.0. The fourth-order valence-electron chi connectivity index (χ4n) is 2.13. The lowest BCUT2D eigenvalue weighted by Gasteiger charge is -2.20. The first-order valence-corrected chi connectivity index (χ1v) is 7.11. The molecule has 0 saturated carbocycles. The van der Waals surface area contributed by atoms with E-state index in [0.717, 1.165) is 11.4 Å². The van der Waals surface area contributed by atoms with E-state index in [1.54, 1.807) is 30.6 Å². The van der Waals surface area contributed by atoms with Crippen LogP contribution in [0.3, 0.4) is 0 Å². The molecule has 2 rings (SSSR count). The maximum atomic E-state index is 14.2. The molecule has 0 aliphatic rings. The van der Waals surface area contributed by atoms with Crippen molar-refractivity contribution in [2.24, 2.45) is 0 Å². The number of benzene rings is 1. The first-order chi connectivity index (χ1) is 9.17. The van der Waals surface area contributed by atoms with Crippen molar-refractivity contribution in [3.05, 3.63) is 51.5 Å². The summed E-state index contributed by atoms with van der Waals surface area (Å²) < 4.78 is 19.5. The van der Waals surface area contributed by atoms with Crippen LogP contribution in [0.2, 0.25) is 0 Å². The summed E-state index contributed by atoms with van der Waals surface area (Å²) in [6.45, 7) is 4.83. The van der Waals surface area contributed by atoms with Gasteiger partial charge in [-0.1, -0.05) is 13.0 Å². The summed E-state index contributed by atoms with van der Waals surface area (Å²) in [4.78, 5) is 2.32. The second-order valence-electron chi connectivity index (χ2n) is 4.29. The fraction of sp³-hybridized carbons (Fsp3) is 0.333. The molecule has 1 aromatic heterocycles. The van der Waals surface area contributed by atoms with Crippen LogP contribution in [-0.4, -0.2) is 13.7 Å². The van der Waals surface area contributed by atoms with Gasteiger partial charge in [0.1, 0.15) is 11.6 Å². The Morgan fingerprint density at radius 1 is 1.32 bits per heavy atom. The van der Waals surface area contributed by atoms with E-state index in [0.29, 0.717) is 11.3 Å². The van der Waals surface area contributed by atoms with Gasteiger partial charge >= 0.3 is 0 Å². The predicted octanol–water partition coefficient (Wildman–Crippen LogP) is 3.90. The Kier molecular flexibility index (Phi) is 4.56. The normalized spacial score (nSPS) is 12.4. The number of halogens is 1. The Hall–Kier alpha value is -1.39. The molecular formula is C15H18FNOS. The van der Waals surface area contributed by atoms with Gasteiger partial charge in [-0.2, -0.15) is 0 Å². The van der Waals surface area contributed by atoms with E-state index in [1.165, 1.54) is 10.9 Å². The minimum absolute atomic E-state index is 0.167. The van der Waals surface area contributed by atoms with Crippen LogP contribution in [0.25, 0.3) is 0 Å². The third kappa shape index (κ3) is 2.96. The van der Waals surface area contributed by atoms with Crippen LogP contribution in [0.5, 0.6) is 5.75 Å². The lowest BCUT2D eigenvalue weighted by Crippen LogP contribution is -2.22. The van der Waals surface area contributed by atoms with Crippen molar-refractivity contribution in [2.75, 3.05) is 13.7 Å². The van der Waals surface area contributed by atoms with Gasteiger partial charge in [0.05, 0.1) is 18.7 Å². The van der Waals surface area contributed by atoms with Crippen molar-refractivity contribution in [3.63, 3.8) is 0 Å². The molecule has 0 saturated heterocycles. The van der Waals surface area contributed by atoms with Crippen molar-refractivity contribution < 1.29 is 9.13 Å². The Balaban J connectivity index is 2.50. The van der Waals surface area contributed by atoms with E-state index in [2.05, 4.69) is 18.3 Å². The van der Waals surface area contributed by atoms with Crippen molar-refractivity contribution in [2.45, 2.75) is 19.9 Å². The Morgan fingerprint density at radius 3 is 2.68 bits per heavy atom. The predicted molar refractivity (Wildman–Crippen MR) is 77.5 cm³/mol. The monoisotopic (exact) mass is 279 g/mol. The molecule has 4 heteroatoms. The van der Waals surface area contributed by atoms with Gasteiger partial charge in [0, 0.05) is 9.75 Å². The van der Waals surface area contributed by atoms with Crippen LogP contribution < -0.4 is 10.1 Å². The van der Waals surface area contributed by atoms with Gasteiger partial charge in [-0.25, -0.2) is 4.39 Å². The van der Waals surface area contributed by atoms with E-state index in [9.17, 15) is 4.39 Å². The van der Waals surface area contributed by atoms with Crippen LogP contribution in [0.4, 0.5) is 4.39 Å². The Bertz CT molecular complexity index is 553. The summed E-state index contributed by atoms with van der Waals surface area (Å²) in [5, 5.41) is 3.33. The number of hydrogen-bond acceptors (Lipinski definition) is 3. The highest BCUT2D eigenvalue weighted by Gasteiger charge is 2.22. The number of aryl methyl sites for hydroxylation is 1. The number of nitrogens with one attached hydrogen (secondary N) is 1. The second-order valence-corrected chi connectivity index (χ2v) is 5.61. The number of rotatable bonds is 5. The maximum absolute atomic E-state index is 14.2. The zero-order valence-corrected chi connectivity index (χ0v) is 12.2. The maximum Gasteiger partial charge on any atom is 0.132 e. The summed E-state index contributed by atoms with van der Waals surface area (Å²) in [7, 11) is 1.57. The average Bonchev–Trinajstić information content (AvgIpc) is 2.83. The van der Waals surface area contributed by atoms with E-state index in [1.807, 2.05) is 13.0 Å². The van der Waals surface area contributed by atoms with Crippen molar-refractivity contribution in [3.8, 4) is 5.75 Å². The number of ether oxygens (including phenoxy) is 1. The third-order valence-corrected chi connectivity index (χ3v) is 4.04. The molecule has 102 valence electrons. The van der Waals surface area contributed by atoms with Crippen LogP contribution >= 0.6 is 11.3 Å². The average molecular weight is 279 g/mol. The van der Waals surface area contributed by atoms with Crippen molar-refractivity contribution in [1.29, 1.82) is 0 Å². The molecule has 0 aliphatic carbocycles. The van der Waals surface area contributed by atoms with E-state index >= 15 is 0 Å². The van der Waals surface area contributed by atoms with Crippen LogP contribution in [0, 0.1) is 12.7 Å². The quantitative estimate of drug-likeness (QED) is 0.896. The molecule has 2 aromatic rings. The molecule has 1 N–H and O–H groups in total. The molecule has 0 amide bonds. The van der Waals surface area contributed by atoms with Gasteiger partial charge < -0.3 is 10.1 Å². The van der Waals surface area contributed by atoms with E-state index < -0.39 is 0 Å². The topological polar surface area (TPSA) is 21.3 Å². The summed E-state index contributed by atoms with van der Waals surface area (Å²) in [6.07, 6.45) is 0. The molecule has 1 atom stereocenters. The second kappa shape index (κ2) is 6.17. The zero-order valence-electron chi connectivity index (χ0n) is 11.4. The van der Waals surface area contributed by atoms with Crippen LogP contribution in [-0.2, 0) is 0 Å². The van der Waals surface area contributed by atoms with Gasteiger partial charge in [-0.3, -0.25) is 0 Å². The SMILES string of the molecule is CCNC(c1ccc(C)s1)c1c(F)cccc1OC.